The van der Waals surface area contributed by atoms with Crippen molar-refractivity contribution in [2.75, 3.05) is 24.7 Å². The minimum atomic E-state index is 0.372. The summed E-state index contributed by atoms with van der Waals surface area (Å²) in [5, 5.41) is 9.20. The maximum atomic E-state index is 9.20. The Morgan fingerprint density at radius 1 is 1.59 bits per heavy atom. The molecule has 0 spiro atoms. The molecule has 0 N–H and O–H groups in total. The average Bonchev–Trinajstić information content (AvgIpc) is 2.38. The summed E-state index contributed by atoms with van der Waals surface area (Å²) in [6, 6.07) is 8.51. The maximum absolute atomic E-state index is 9.20. The fraction of sp³-hybridized carbons (Fsp3) is 0.462. The Bertz CT molecular complexity index is 442. The number of morpholine rings is 1. The maximum Gasteiger partial charge on any atom is 0.101 e. The first kappa shape index (κ1) is 12.4. The van der Waals surface area contributed by atoms with Crippen LogP contribution < -0.4 is 4.90 Å². The minimum Gasteiger partial charge on any atom is -0.377 e. The number of benzene rings is 1. The summed E-state index contributed by atoms with van der Waals surface area (Å²) in [5.41, 5.74) is 1.74. The normalized spacial score (nSPS) is 20.1. The Morgan fingerprint density at radius 2 is 2.41 bits per heavy atom. The number of nitriles is 1. The van der Waals surface area contributed by atoms with Crippen LogP contribution >= 0.6 is 15.9 Å². The molecule has 17 heavy (non-hydrogen) atoms. The molecular formula is C13H15BrN2O. The number of halogens is 1. The highest BCUT2D eigenvalue weighted by Gasteiger charge is 2.23. The summed E-state index contributed by atoms with van der Waals surface area (Å²) in [7, 11) is 0. The van der Waals surface area contributed by atoms with Crippen LogP contribution in [0.2, 0.25) is 0 Å². The van der Waals surface area contributed by atoms with Gasteiger partial charge in [-0.1, -0.05) is 22.9 Å². The molecule has 0 amide bonds. The van der Waals surface area contributed by atoms with Crippen molar-refractivity contribution in [3.05, 3.63) is 28.2 Å². The number of ether oxygens (including phenoxy) is 1. The van der Waals surface area contributed by atoms with Crippen LogP contribution in [0.3, 0.4) is 0 Å². The molecule has 1 aromatic rings. The van der Waals surface area contributed by atoms with Crippen molar-refractivity contribution in [3.63, 3.8) is 0 Å². The standard InChI is InChI=1S/C13H15BrN2O/c1-2-12-9-17-6-5-16(12)13-4-3-11(14)7-10(13)8-15/h3-4,7,12H,2,5-6,9H2,1H3. The van der Waals surface area contributed by atoms with Crippen molar-refractivity contribution < 1.29 is 4.74 Å². The van der Waals surface area contributed by atoms with E-state index in [9.17, 15) is 5.26 Å². The van der Waals surface area contributed by atoms with E-state index in [2.05, 4.69) is 33.8 Å². The van der Waals surface area contributed by atoms with Gasteiger partial charge in [0.25, 0.3) is 0 Å². The lowest BCUT2D eigenvalue weighted by molar-refractivity contribution is 0.0930. The molecule has 1 aliphatic rings. The zero-order valence-electron chi connectivity index (χ0n) is 9.82. The molecule has 1 unspecified atom stereocenters. The molecule has 0 bridgehead atoms. The first-order chi connectivity index (χ1) is 8.26. The zero-order chi connectivity index (χ0) is 12.3. The van der Waals surface area contributed by atoms with Crippen LogP contribution in [0.5, 0.6) is 0 Å². The third-order valence-electron chi connectivity index (χ3n) is 3.09. The smallest absolute Gasteiger partial charge is 0.101 e. The first-order valence-corrected chi connectivity index (χ1v) is 6.59. The highest BCUT2D eigenvalue weighted by atomic mass is 79.9. The van der Waals surface area contributed by atoms with Gasteiger partial charge in [-0.3, -0.25) is 0 Å². The third kappa shape index (κ3) is 2.62. The quantitative estimate of drug-likeness (QED) is 0.841. The molecule has 4 heteroatoms. The highest BCUT2D eigenvalue weighted by Crippen LogP contribution is 2.27. The van der Waals surface area contributed by atoms with Crippen molar-refractivity contribution in [2.45, 2.75) is 19.4 Å². The third-order valence-corrected chi connectivity index (χ3v) is 3.58. The molecule has 1 heterocycles. The van der Waals surface area contributed by atoms with E-state index in [1.54, 1.807) is 0 Å². The van der Waals surface area contributed by atoms with Crippen LogP contribution in [0.15, 0.2) is 22.7 Å². The summed E-state index contributed by atoms with van der Waals surface area (Å²) in [5.74, 6) is 0. The van der Waals surface area contributed by atoms with Crippen LogP contribution in [-0.4, -0.2) is 25.8 Å². The van der Waals surface area contributed by atoms with Gasteiger partial charge in [0.1, 0.15) is 6.07 Å². The Hall–Kier alpha value is -1.05. The van der Waals surface area contributed by atoms with Crippen LogP contribution in [0.1, 0.15) is 18.9 Å². The van der Waals surface area contributed by atoms with E-state index >= 15 is 0 Å². The lowest BCUT2D eigenvalue weighted by atomic mass is 10.1. The van der Waals surface area contributed by atoms with E-state index in [1.807, 2.05) is 18.2 Å². The summed E-state index contributed by atoms with van der Waals surface area (Å²) in [6.07, 6.45) is 1.03. The van der Waals surface area contributed by atoms with Crippen LogP contribution in [0.25, 0.3) is 0 Å². The van der Waals surface area contributed by atoms with E-state index in [1.165, 1.54) is 0 Å². The fourth-order valence-corrected chi connectivity index (χ4v) is 2.52. The number of rotatable bonds is 2. The molecule has 0 saturated carbocycles. The predicted octanol–water partition coefficient (Wildman–Crippen LogP) is 2.94. The number of anilines is 1. The van der Waals surface area contributed by atoms with E-state index in [4.69, 9.17) is 4.74 Å². The van der Waals surface area contributed by atoms with Crippen LogP contribution in [0, 0.1) is 11.3 Å². The highest BCUT2D eigenvalue weighted by molar-refractivity contribution is 9.10. The van der Waals surface area contributed by atoms with Crippen molar-refractivity contribution in [3.8, 4) is 6.07 Å². The monoisotopic (exact) mass is 294 g/mol. The Labute approximate surface area is 110 Å². The van der Waals surface area contributed by atoms with E-state index in [0.29, 0.717) is 6.04 Å². The summed E-state index contributed by atoms with van der Waals surface area (Å²) in [6.45, 7) is 4.49. The molecule has 0 aromatic heterocycles. The van der Waals surface area contributed by atoms with Gasteiger partial charge in [0, 0.05) is 11.0 Å². The van der Waals surface area contributed by atoms with Gasteiger partial charge < -0.3 is 9.64 Å². The Morgan fingerprint density at radius 3 is 3.12 bits per heavy atom. The molecule has 3 nitrogen and oxygen atoms in total. The van der Waals surface area contributed by atoms with Crippen molar-refractivity contribution >= 4 is 21.6 Å². The number of hydrogen-bond acceptors (Lipinski definition) is 3. The molecule has 0 aliphatic carbocycles. The zero-order valence-corrected chi connectivity index (χ0v) is 11.4. The van der Waals surface area contributed by atoms with Crippen LogP contribution in [-0.2, 0) is 4.74 Å². The number of nitrogens with zero attached hydrogens (tertiary/aromatic N) is 2. The van der Waals surface area contributed by atoms with Crippen molar-refractivity contribution in [1.29, 1.82) is 5.26 Å². The first-order valence-electron chi connectivity index (χ1n) is 5.80. The lowest BCUT2D eigenvalue weighted by Crippen LogP contribution is -2.45. The second kappa shape index (κ2) is 5.52. The molecule has 1 atom stereocenters. The summed E-state index contributed by atoms with van der Waals surface area (Å²) in [4.78, 5) is 2.29. The van der Waals surface area contributed by atoms with Gasteiger partial charge in [-0.2, -0.15) is 5.26 Å². The topological polar surface area (TPSA) is 36.3 Å². The second-order valence-corrected chi connectivity index (χ2v) is 5.02. The largest absolute Gasteiger partial charge is 0.377 e. The van der Waals surface area contributed by atoms with Gasteiger partial charge in [0.15, 0.2) is 0 Å². The molecule has 1 saturated heterocycles. The molecule has 1 aliphatic heterocycles. The van der Waals surface area contributed by atoms with Crippen molar-refractivity contribution in [1.82, 2.24) is 0 Å². The SMILES string of the molecule is CCC1COCCN1c1ccc(Br)cc1C#N. The van der Waals surface area contributed by atoms with Crippen LogP contribution in [0.4, 0.5) is 5.69 Å². The molecule has 1 aromatic carbocycles. The van der Waals surface area contributed by atoms with E-state index < -0.39 is 0 Å². The minimum absolute atomic E-state index is 0.372. The Kier molecular flexibility index (Phi) is 4.03. The number of hydrogen-bond donors (Lipinski definition) is 0. The van der Waals surface area contributed by atoms with Gasteiger partial charge in [0.05, 0.1) is 30.5 Å². The predicted molar refractivity (Wildman–Crippen MR) is 71.1 cm³/mol. The summed E-state index contributed by atoms with van der Waals surface area (Å²) >= 11 is 3.40. The average molecular weight is 295 g/mol. The van der Waals surface area contributed by atoms with E-state index in [0.717, 1.165) is 41.9 Å². The fourth-order valence-electron chi connectivity index (χ4n) is 2.16. The lowest BCUT2D eigenvalue weighted by Gasteiger charge is -2.37. The van der Waals surface area contributed by atoms with Gasteiger partial charge in [-0.25, -0.2) is 0 Å². The molecular weight excluding hydrogens is 280 g/mol. The second-order valence-electron chi connectivity index (χ2n) is 4.10. The van der Waals surface area contributed by atoms with Gasteiger partial charge in [0.2, 0.25) is 0 Å². The molecule has 2 rings (SSSR count). The molecule has 0 radical (unpaired) electrons. The van der Waals surface area contributed by atoms with Crippen molar-refractivity contribution in [2.24, 2.45) is 0 Å². The molecule has 1 fully saturated rings. The van der Waals surface area contributed by atoms with Gasteiger partial charge in [-0.05, 0) is 24.6 Å². The van der Waals surface area contributed by atoms with Gasteiger partial charge in [-0.15, -0.1) is 0 Å². The van der Waals surface area contributed by atoms with E-state index in [-0.39, 0.29) is 0 Å². The van der Waals surface area contributed by atoms with Gasteiger partial charge >= 0.3 is 0 Å². The molecule has 90 valence electrons. The summed E-state index contributed by atoms with van der Waals surface area (Å²) < 4.78 is 6.43. The Balaban J connectivity index is 2.35.